The van der Waals surface area contributed by atoms with Crippen molar-refractivity contribution in [2.75, 3.05) is 37.7 Å². The van der Waals surface area contributed by atoms with Crippen LogP contribution in [0.1, 0.15) is 24.1 Å². The van der Waals surface area contributed by atoms with Gasteiger partial charge in [-0.25, -0.2) is 14.4 Å². The number of rotatable bonds is 9. The molecule has 32 heavy (non-hydrogen) atoms. The Morgan fingerprint density at radius 2 is 1.72 bits per heavy atom. The van der Waals surface area contributed by atoms with E-state index in [0.29, 0.717) is 17.1 Å². The summed E-state index contributed by atoms with van der Waals surface area (Å²) in [6, 6.07) is 10.6. The van der Waals surface area contributed by atoms with Gasteiger partial charge in [0.1, 0.15) is 11.9 Å². The number of methoxy groups -OCH3 is 1. The fourth-order valence-corrected chi connectivity index (χ4v) is 4.10. The molecule has 0 spiro atoms. The Bertz CT molecular complexity index is 974. The first kappa shape index (κ1) is 25.4. The van der Waals surface area contributed by atoms with Crippen LogP contribution in [0.4, 0.5) is 10.1 Å². The summed E-state index contributed by atoms with van der Waals surface area (Å²) in [6.07, 6.45) is 5.95. The predicted octanol–water partition coefficient (Wildman–Crippen LogP) is 2.96. The highest BCUT2D eigenvalue weighted by molar-refractivity contribution is 8.32. The molecule has 0 saturated heterocycles. The Morgan fingerprint density at radius 1 is 1.06 bits per heavy atom. The molecule has 2 rings (SSSR count). The van der Waals surface area contributed by atoms with Gasteiger partial charge in [0.15, 0.2) is 0 Å². The summed E-state index contributed by atoms with van der Waals surface area (Å²) < 4.78 is 19.7. The zero-order valence-corrected chi connectivity index (χ0v) is 19.8. The maximum atomic E-state index is 14.6. The Kier molecular flexibility index (Phi) is 8.80. The lowest BCUT2D eigenvalue weighted by molar-refractivity contribution is -0.127. The maximum absolute atomic E-state index is 14.6. The monoisotopic (exact) mass is 463 g/mol. The highest BCUT2D eigenvalue weighted by atomic mass is 32.3. The van der Waals surface area contributed by atoms with Crippen LogP contribution in [0.25, 0.3) is 0 Å². The van der Waals surface area contributed by atoms with Crippen LogP contribution >= 0.6 is 10.0 Å². The van der Waals surface area contributed by atoms with Gasteiger partial charge in [0.25, 0.3) is 5.91 Å². The van der Waals surface area contributed by atoms with Crippen molar-refractivity contribution in [1.29, 1.82) is 0 Å². The third-order valence-corrected chi connectivity index (χ3v) is 6.20. The van der Waals surface area contributed by atoms with Gasteiger partial charge in [-0.3, -0.25) is 14.4 Å². The quantitative estimate of drug-likeness (QED) is 0.533. The van der Waals surface area contributed by atoms with Crippen LogP contribution < -0.4 is 16.0 Å². The Morgan fingerprint density at radius 3 is 2.25 bits per heavy atom. The summed E-state index contributed by atoms with van der Waals surface area (Å²) in [4.78, 5) is 37.0. The van der Waals surface area contributed by atoms with Crippen LogP contribution in [-0.4, -0.2) is 50.1 Å². The fourth-order valence-electron chi connectivity index (χ4n) is 2.98. The molecule has 9 heteroatoms. The first-order valence-corrected chi connectivity index (χ1v) is 12.8. The van der Waals surface area contributed by atoms with Crippen molar-refractivity contribution >= 4 is 33.4 Å². The lowest BCUT2D eigenvalue weighted by Crippen LogP contribution is -2.42. The number of carbonyl (C=O) groups is 3. The van der Waals surface area contributed by atoms with Crippen LogP contribution in [0.15, 0.2) is 47.4 Å². The normalized spacial score (nSPS) is 12.6. The summed E-state index contributed by atoms with van der Waals surface area (Å²) >= 11 is 0. The molecule has 1 atom stereocenters. The second kappa shape index (κ2) is 11.1. The molecule has 0 unspecified atom stereocenters. The Labute approximate surface area is 189 Å². The van der Waals surface area contributed by atoms with E-state index in [1.165, 1.54) is 13.0 Å². The second-order valence-corrected chi connectivity index (χ2v) is 12.2. The number of ether oxygens (including phenoxy) is 1. The van der Waals surface area contributed by atoms with E-state index in [4.69, 9.17) is 4.74 Å². The molecule has 0 saturated carbocycles. The molecule has 0 aromatic heterocycles. The molecule has 2 aromatic carbocycles. The van der Waals surface area contributed by atoms with Crippen LogP contribution in [-0.2, 0) is 25.7 Å². The summed E-state index contributed by atoms with van der Waals surface area (Å²) in [5.74, 6) is -1.81. The Hall–Kier alpha value is -2.91. The van der Waals surface area contributed by atoms with Gasteiger partial charge in [-0.1, -0.05) is 24.3 Å². The summed E-state index contributed by atoms with van der Waals surface area (Å²) in [5.41, 5.74) is 1.73. The number of carbonyl (C=O) groups excluding carboxylic acids is 3. The van der Waals surface area contributed by atoms with Gasteiger partial charge in [0.2, 0.25) is 11.8 Å². The van der Waals surface area contributed by atoms with Crippen LogP contribution in [0.5, 0.6) is 0 Å². The highest BCUT2D eigenvalue weighted by Gasteiger charge is 2.24. The van der Waals surface area contributed by atoms with Crippen molar-refractivity contribution in [2.45, 2.75) is 24.5 Å². The molecule has 0 bridgehead atoms. The second-order valence-electron chi connectivity index (χ2n) is 8.06. The minimum Gasteiger partial charge on any atom is -0.380 e. The molecule has 0 aliphatic rings. The average Bonchev–Trinajstić information content (AvgIpc) is 2.70. The smallest absolute Gasteiger partial charge is 0.251 e. The van der Waals surface area contributed by atoms with E-state index in [2.05, 4.69) is 16.0 Å². The summed E-state index contributed by atoms with van der Waals surface area (Å²) in [6.45, 7) is 1.44. The molecule has 0 fully saturated rings. The van der Waals surface area contributed by atoms with Crippen molar-refractivity contribution < 1.29 is 23.5 Å². The SMILES string of the molecule is COCc1ccc([C@@H](NC(=O)CNC(C)=O)C(=O)Nc2ccc(S(C)(C)C)c(F)c2)cc1. The van der Waals surface area contributed by atoms with E-state index in [1.54, 1.807) is 43.5 Å². The van der Waals surface area contributed by atoms with Crippen molar-refractivity contribution in [1.82, 2.24) is 10.6 Å². The predicted molar refractivity (Wildman–Crippen MR) is 125 cm³/mol. The molecule has 7 nitrogen and oxygen atoms in total. The van der Waals surface area contributed by atoms with Gasteiger partial charge in [-0.05, 0) is 48.1 Å². The minimum atomic E-state index is -1.27. The molecule has 0 heterocycles. The lowest BCUT2D eigenvalue weighted by atomic mass is 10.0. The standard InChI is InChI=1S/C23H30FN3O4S/c1-15(28)25-13-21(29)27-22(17-8-6-16(7-9-17)14-31-2)23(30)26-18-10-11-20(19(24)12-18)32(3,4)5/h6-12,22H,13-14H2,1-5H3,(H,25,28)(H,26,30)(H,27,29)/t22-/m1/s1. The average molecular weight is 464 g/mol. The third-order valence-electron chi connectivity index (χ3n) is 4.55. The largest absolute Gasteiger partial charge is 0.380 e. The van der Waals surface area contributed by atoms with Gasteiger partial charge in [0.05, 0.1) is 13.2 Å². The van der Waals surface area contributed by atoms with Gasteiger partial charge < -0.3 is 20.7 Å². The number of halogens is 1. The molecular weight excluding hydrogens is 433 g/mol. The van der Waals surface area contributed by atoms with E-state index < -0.39 is 27.9 Å². The van der Waals surface area contributed by atoms with E-state index in [0.717, 1.165) is 5.56 Å². The van der Waals surface area contributed by atoms with Crippen molar-refractivity contribution in [3.8, 4) is 0 Å². The number of nitrogens with one attached hydrogen (secondary N) is 3. The first-order valence-electron chi connectivity index (χ1n) is 9.91. The molecule has 3 amide bonds. The summed E-state index contributed by atoms with van der Waals surface area (Å²) in [5, 5.41) is 7.70. The molecule has 0 aliphatic heterocycles. The molecule has 0 radical (unpaired) electrons. The molecule has 0 aliphatic carbocycles. The minimum absolute atomic E-state index is 0.265. The maximum Gasteiger partial charge on any atom is 0.251 e. The zero-order chi connectivity index (χ0) is 23.9. The molecule has 174 valence electrons. The van der Waals surface area contributed by atoms with E-state index in [1.807, 2.05) is 18.8 Å². The summed E-state index contributed by atoms with van der Waals surface area (Å²) in [7, 11) is 0.316. The van der Waals surface area contributed by atoms with E-state index in [-0.39, 0.29) is 24.0 Å². The first-order chi connectivity index (χ1) is 15.0. The van der Waals surface area contributed by atoms with Crippen molar-refractivity contribution in [3.63, 3.8) is 0 Å². The molecular formula is C23H30FN3O4S. The van der Waals surface area contributed by atoms with Crippen molar-refractivity contribution in [2.24, 2.45) is 0 Å². The zero-order valence-electron chi connectivity index (χ0n) is 19.0. The number of amides is 3. The number of anilines is 1. The van der Waals surface area contributed by atoms with Gasteiger partial charge in [-0.15, -0.1) is 0 Å². The Balaban J connectivity index is 2.25. The topological polar surface area (TPSA) is 96.5 Å². The van der Waals surface area contributed by atoms with Gasteiger partial charge >= 0.3 is 0 Å². The lowest BCUT2D eigenvalue weighted by Gasteiger charge is -2.26. The van der Waals surface area contributed by atoms with Gasteiger partial charge in [0, 0.05) is 24.6 Å². The van der Waals surface area contributed by atoms with E-state index >= 15 is 0 Å². The van der Waals surface area contributed by atoms with Crippen molar-refractivity contribution in [3.05, 3.63) is 59.4 Å². The fraction of sp³-hybridized carbons (Fsp3) is 0.348. The number of hydrogen-bond donors (Lipinski definition) is 3. The third kappa shape index (κ3) is 7.35. The number of hydrogen-bond acceptors (Lipinski definition) is 4. The highest BCUT2D eigenvalue weighted by Crippen LogP contribution is 2.46. The van der Waals surface area contributed by atoms with E-state index in [9.17, 15) is 18.8 Å². The number of benzene rings is 2. The molecule has 3 N–H and O–H groups in total. The van der Waals surface area contributed by atoms with Crippen LogP contribution in [0.3, 0.4) is 0 Å². The molecule has 2 aromatic rings. The van der Waals surface area contributed by atoms with Gasteiger partial charge in [-0.2, -0.15) is 0 Å². The van der Waals surface area contributed by atoms with Crippen LogP contribution in [0, 0.1) is 5.82 Å². The van der Waals surface area contributed by atoms with Crippen LogP contribution in [0.2, 0.25) is 0 Å².